The number of nitrogens with zero attached hydrogens (tertiary/aromatic N) is 2. The number of anilines is 1. The Kier molecular flexibility index (Phi) is 4.42. The van der Waals surface area contributed by atoms with Crippen LogP contribution in [-0.2, 0) is 0 Å². The Bertz CT molecular complexity index is 1700. The molecule has 0 spiro atoms. The number of nitrogen functional groups attached to an aromatic ring is 1. The number of pyridine rings is 2. The molecule has 35 heavy (non-hydrogen) atoms. The van der Waals surface area contributed by atoms with Gasteiger partial charge in [-0.25, -0.2) is 13.2 Å². The first kappa shape index (κ1) is 21.5. The molecule has 1 fully saturated rings. The zero-order valence-electron chi connectivity index (χ0n) is 18.6. The number of nitrogens with two attached hydrogens (primary N) is 1. The van der Waals surface area contributed by atoms with Crippen molar-refractivity contribution < 1.29 is 17.9 Å². The molecule has 1 aliphatic carbocycles. The van der Waals surface area contributed by atoms with Crippen molar-refractivity contribution in [2.75, 3.05) is 12.3 Å². The first-order valence-electron chi connectivity index (χ1n) is 11.0. The van der Waals surface area contributed by atoms with Gasteiger partial charge in [0.1, 0.15) is 28.3 Å². The van der Waals surface area contributed by atoms with Crippen LogP contribution in [-0.4, -0.2) is 32.7 Å². The third-order valence-electron chi connectivity index (χ3n) is 6.66. The first-order chi connectivity index (χ1) is 16.7. The van der Waals surface area contributed by atoms with Gasteiger partial charge in [-0.05, 0) is 29.8 Å². The molecule has 0 unspecified atom stereocenters. The molecule has 178 valence electrons. The fourth-order valence-corrected chi connectivity index (χ4v) is 5.16. The number of nitrogens with one attached hydrogen (secondary N) is 2. The van der Waals surface area contributed by atoms with Gasteiger partial charge in [-0.15, -0.1) is 0 Å². The minimum Gasteiger partial charge on any atom is -0.491 e. The fraction of sp³-hybridized carbons (Fsp3) is 0.240. The molecule has 1 saturated carbocycles. The Balaban J connectivity index is 1.60. The summed E-state index contributed by atoms with van der Waals surface area (Å²) >= 11 is 0. The largest absolute Gasteiger partial charge is 0.491 e. The van der Waals surface area contributed by atoms with E-state index in [1.807, 2.05) is 0 Å². The molecule has 2 aromatic carbocycles. The summed E-state index contributed by atoms with van der Waals surface area (Å²) in [6.45, 7) is 1.84. The SMILES string of the molecule is CC1(COc2cc3c(-c4ccc(F)c5[nH]ncc45)c(N)c(=O)[nH]c3c3cccnc23)CC(F)(F)C1. The predicted molar refractivity (Wildman–Crippen MR) is 127 cm³/mol. The van der Waals surface area contributed by atoms with Gasteiger partial charge in [0.15, 0.2) is 0 Å². The van der Waals surface area contributed by atoms with Crippen LogP contribution in [0.5, 0.6) is 5.75 Å². The molecule has 0 saturated heterocycles. The van der Waals surface area contributed by atoms with Crippen LogP contribution in [0, 0.1) is 11.2 Å². The number of H-pyrrole nitrogens is 2. The molecule has 7 nitrogen and oxygen atoms in total. The summed E-state index contributed by atoms with van der Waals surface area (Å²) in [6, 6.07) is 8.02. The van der Waals surface area contributed by atoms with Gasteiger partial charge in [0.2, 0.25) is 5.92 Å². The van der Waals surface area contributed by atoms with Crippen molar-refractivity contribution in [2.45, 2.75) is 25.7 Å². The number of halogens is 3. The van der Waals surface area contributed by atoms with Crippen LogP contribution < -0.4 is 16.0 Å². The van der Waals surface area contributed by atoms with E-state index >= 15 is 0 Å². The molecule has 10 heteroatoms. The Morgan fingerprint density at radius 2 is 1.94 bits per heavy atom. The maximum absolute atomic E-state index is 14.3. The number of aromatic amines is 2. The van der Waals surface area contributed by atoms with Gasteiger partial charge < -0.3 is 15.5 Å². The minimum absolute atomic E-state index is 0.0496. The highest BCUT2D eigenvalue weighted by atomic mass is 19.3. The second-order valence-electron chi connectivity index (χ2n) is 9.50. The van der Waals surface area contributed by atoms with Crippen molar-refractivity contribution >= 4 is 38.4 Å². The van der Waals surface area contributed by atoms with Gasteiger partial charge in [-0.1, -0.05) is 13.0 Å². The molecular formula is C25H20F3N5O2. The van der Waals surface area contributed by atoms with Crippen molar-refractivity contribution in [3.63, 3.8) is 0 Å². The molecule has 0 radical (unpaired) electrons. The topological polar surface area (TPSA) is 110 Å². The van der Waals surface area contributed by atoms with Gasteiger partial charge in [0.05, 0.1) is 18.3 Å². The van der Waals surface area contributed by atoms with Crippen LogP contribution >= 0.6 is 0 Å². The van der Waals surface area contributed by atoms with E-state index in [0.29, 0.717) is 44.1 Å². The summed E-state index contributed by atoms with van der Waals surface area (Å²) in [7, 11) is 0. The number of hydrogen-bond acceptors (Lipinski definition) is 5. The van der Waals surface area contributed by atoms with E-state index in [9.17, 15) is 18.0 Å². The van der Waals surface area contributed by atoms with E-state index in [1.165, 1.54) is 12.3 Å². The maximum atomic E-state index is 14.3. The van der Waals surface area contributed by atoms with Crippen LogP contribution in [0.3, 0.4) is 0 Å². The molecule has 5 aromatic rings. The number of aromatic nitrogens is 4. The summed E-state index contributed by atoms with van der Waals surface area (Å²) in [4.78, 5) is 20.1. The predicted octanol–water partition coefficient (Wildman–Crippen LogP) is 5.16. The molecule has 1 aliphatic rings. The van der Waals surface area contributed by atoms with Crippen molar-refractivity contribution in [3.05, 3.63) is 58.9 Å². The van der Waals surface area contributed by atoms with Gasteiger partial charge in [0, 0.05) is 46.2 Å². The van der Waals surface area contributed by atoms with E-state index in [0.717, 1.165) is 0 Å². The zero-order chi connectivity index (χ0) is 24.5. The Morgan fingerprint density at radius 1 is 1.14 bits per heavy atom. The normalized spacial score (nSPS) is 16.6. The van der Waals surface area contributed by atoms with E-state index in [-0.39, 0.29) is 30.7 Å². The van der Waals surface area contributed by atoms with Crippen molar-refractivity contribution in [3.8, 4) is 16.9 Å². The second kappa shape index (κ2) is 7.21. The smallest absolute Gasteiger partial charge is 0.272 e. The molecule has 0 aliphatic heterocycles. The monoisotopic (exact) mass is 479 g/mol. The number of benzene rings is 2. The molecular weight excluding hydrogens is 459 g/mol. The highest BCUT2D eigenvalue weighted by Gasteiger charge is 2.54. The van der Waals surface area contributed by atoms with Crippen LogP contribution in [0.4, 0.5) is 18.9 Å². The summed E-state index contributed by atoms with van der Waals surface area (Å²) < 4.78 is 47.5. The molecule has 0 atom stereocenters. The lowest BCUT2D eigenvalue weighted by Crippen LogP contribution is -2.47. The number of hydrogen-bond donors (Lipinski definition) is 3. The van der Waals surface area contributed by atoms with Crippen molar-refractivity contribution in [1.82, 2.24) is 20.2 Å². The second-order valence-corrected chi connectivity index (χ2v) is 9.50. The Morgan fingerprint density at radius 3 is 2.71 bits per heavy atom. The summed E-state index contributed by atoms with van der Waals surface area (Å²) in [5.41, 5.74) is 7.12. The summed E-state index contributed by atoms with van der Waals surface area (Å²) in [5.74, 6) is -2.79. The lowest BCUT2D eigenvalue weighted by molar-refractivity contribution is -0.164. The third kappa shape index (κ3) is 3.31. The van der Waals surface area contributed by atoms with Crippen molar-refractivity contribution in [1.29, 1.82) is 0 Å². The minimum atomic E-state index is -2.68. The molecule has 0 amide bonds. The average Bonchev–Trinajstić information content (AvgIpc) is 3.29. The lowest BCUT2D eigenvalue weighted by Gasteiger charge is -2.44. The molecule has 3 aromatic heterocycles. The Hall–Kier alpha value is -4.08. The standard InChI is InChI=1S/C25H20F3N5O2/c1-24(9-25(27,28)10-24)11-35-17-7-14-18(12-4-5-16(26)21-15(12)8-31-33-21)19(29)23(34)32-20(14)13-3-2-6-30-22(13)17/h2-8H,9-11,29H2,1H3,(H,31,33)(H,32,34). The van der Waals surface area contributed by atoms with Crippen LogP contribution in [0.15, 0.2) is 47.5 Å². The number of rotatable bonds is 4. The van der Waals surface area contributed by atoms with Gasteiger partial charge in [-0.2, -0.15) is 5.10 Å². The number of fused-ring (bicyclic) bond motifs is 4. The summed E-state index contributed by atoms with van der Waals surface area (Å²) in [6.07, 6.45) is 2.56. The highest BCUT2D eigenvalue weighted by molar-refractivity contribution is 6.15. The van der Waals surface area contributed by atoms with Gasteiger partial charge in [0.25, 0.3) is 5.56 Å². The van der Waals surface area contributed by atoms with E-state index in [4.69, 9.17) is 10.5 Å². The number of ether oxygens (including phenoxy) is 1. The lowest BCUT2D eigenvalue weighted by atomic mass is 9.68. The molecule has 0 bridgehead atoms. The maximum Gasteiger partial charge on any atom is 0.272 e. The van der Waals surface area contributed by atoms with E-state index in [2.05, 4.69) is 20.2 Å². The van der Waals surface area contributed by atoms with Gasteiger partial charge in [-0.3, -0.25) is 14.9 Å². The van der Waals surface area contributed by atoms with Crippen LogP contribution in [0.1, 0.15) is 19.8 Å². The molecule has 4 N–H and O–H groups in total. The van der Waals surface area contributed by atoms with Gasteiger partial charge >= 0.3 is 0 Å². The number of alkyl halides is 2. The van der Waals surface area contributed by atoms with E-state index in [1.54, 1.807) is 37.4 Å². The van der Waals surface area contributed by atoms with Crippen LogP contribution in [0.25, 0.3) is 43.8 Å². The van der Waals surface area contributed by atoms with E-state index < -0.39 is 22.7 Å². The van der Waals surface area contributed by atoms with Crippen molar-refractivity contribution in [2.24, 2.45) is 5.41 Å². The van der Waals surface area contributed by atoms with Crippen LogP contribution in [0.2, 0.25) is 0 Å². The summed E-state index contributed by atoms with van der Waals surface area (Å²) in [5, 5.41) is 8.19. The first-order valence-corrected chi connectivity index (χ1v) is 11.0. The quantitative estimate of drug-likeness (QED) is 0.309. The molecule has 6 rings (SSSR count). The highest BCUT2D eigenvalue weighted by Crippen LogP contribution is 2.52. The third-order valence-corrected chi connectivity index (χ3v) is 6.66. The molecule has 3 heterocycles. The average molecular weight is 479 g/mol. The Labute approximate surface area is 196 Å². The fourth-order valence-electron chi connectivity index (χ4n) is 5.16. The zero-order valence-corrected chi connectivity index (χ0v) is 18.6.